The third kappa shape index (κ3) is 3.63. The molecule has 4 nitrogen and oxygen atoms in total. The second-order valence-corrected chi connectivity index (χ2v) is 6.76. The van der Waals surface area contributed by atoms with Gasteiger partial charge in [-0.3, -0.25) is 9.20 Å². The molecule has 4 aromatic rings. The average Bonchev–Trinajstić information content (AvgIpc) is 3.11. The lowest BCUT2D eigenvalue weighted by atomic mass is 10.1. The number of hydrogen-bond donors (Lipinski definition) is 1. The Bertz CT molecular complexity index is 1030. The number of anilines is 1. The van der Waals surface area contributed by atoms with Gasteiger partial charge in [-0.15, -0.1) is 0 Å². The van der Waals surface area contributed by atoms with E-state index in [0.29, 0.717) is 5.75 Å². The zero-order chi connectivity index (χ0) is 17.8. The number of nitrogens with one attached hydrogen (secondary N) is 1. The van der Waals surface area contributed by atoms with E-state index in [1.807, 2.05) is 77.5 Å². The summed E-state index contributed by atoms with van der Waals surface area (Å²) in [5.41, 5.74) is 4.10. The highest BCUT2D eigenvalue weighted by Gasteiger charge is 2.08. The normalized spacial score (nSPS) is 10.8. The summed E-state index contributed by atoms with van der Waals surface area (Å²) < 4.78 is 1.98. The Hall–Kier alpha value is -3.05. The summed E-state index contributed by atoms with van der Waals surface area (Å²) in [5, 5.41) is 3.75. The number of amides is 1. The lowest BCUT2D eigenvalue weighted by Gasteiger charge is -2.07. The molecule has 0 atom stereocenters. The number of pyridine rings is 1. The highest BCUT2D eigenvalue weighted by Crippen LogP contribution is 2.22. The van der Waals surface area contributed by atoms with E-state index >= 15 is 0 Å². The van der Waals surface area contributed by atoms with Crippen LogP contribution in [0.4, 0.5) is 5.69 Å². The number of hydrogen-bond acceptors (Lipinski definition) is 3. The van der Waals surface area contributed by atoms with Crippen LogP contribution in [0.25, 0.3) is 16.6 Å². The SMILES string of the molecule is O=C(CSc1ncc2ccccn12)Nc1ccc(-c2ccccc2)cc1. The van der Waals surface area contributed by atoms with E-state index < -0.39 is 0 Å². The number of carbonyl (C=O) groups excluding carboxylic acids is 1. The molecule has 2 heterocycles. The smallest absolute Gasteiger partial charge is 0.234 e. The molecule has 128 valence electrons. The number of thioether (sulfide) groups is 1. The molecule has 4 rings (SSSR count). The molecule has 0 aliphatic heterocycles. The second kappa shape index (κ2) is 7.45. The van der Waals surface area contributed by atoms with Gasteiger partial charge in [0.2, 0.25) is 5.91 Å². The van der Waals surface area contributed by atoms with Crippen LogP contribution in [0.1, 0.15) is 0 Å². The molecule has 0 saturated carbocycles. The number of imidazole rings is 1. The van der Waals surface area contributed by atoms with Crippen molar-refractivity contribution in [1.82, 2.24) is 9.38 Å². The van der Waals surface area contributed by atoms with Crippen molar-refractivity contribution in [1.29, 1.82) is 0 Å². The van der Waals surface area contributed by atoms with Crippen LogP contribution >= 0.6 is 11.8 Å². The van der Waals surface area contributed by atoms with Crippen LogP contribution in [-0.2, 0) is 4.79 Å². The summed E-state index contributed by atoms with van der Waals surface area (Å²) in [6.45, 7) is 0. The van der Waals surface area contributed by atoms with Crippen LogP contribution in [0.3, 0.4) is 0 Å². The van der Waals surface area contributed by atoms with Gasteiger partial charge >= 0.3 is 0 Å². The Morgan fingerprint density at radius 2 is 1.65 bits per heavy atom. The number of nitrogens with zero attached hydrogens (tertiary/aromatic N) is 2. The lowest BCUT2D eigenvalue weighted by molar-refractivity contribution is -0.113. The van der Waals surface area contributed by atoms with Crippen LogP contribution in [0.5, 0.6) is 0 Å². The van der Waals surface area contributed by atoms with E-state index in [-0.39, 0.29) is 5.91 Å². The molecule has 0 radical (unpaired) electrons. The first-order valence-corrected chi connectivity index (χ1v) is 9.28. The minimum Gasteiger partial charge on any atom is -0.325 e. The summed E-state index contributed by atoms with van der Waals surface area (Å²) in [6, 6.07) is 24.0. The van der Waals surface area contributed by atoms with Gasteiger partial charge in [0.15, 0.2) is 5.16 Å². The van der Waals surface area contributed by atoms with Crippen molar-refractivity contribution >= 4 is 28.9 Å². The van der Waals surface area contributed by atoms with Crippen LogP contribution in [-0.4, -0.2) is 21.0 Å². The molecule has 0 aliphatic rings. The van der Waals surface area contributed by atoms with Gasteiger partial charge in [-0.1, -0.05) is 60.3 Å². The molecule has 1 N–H and O–H groups in total. The van der Waals surface area contributed by atoms with E-state index in [4.69, 9.17) is 0 Å². The minimum absolute atomic E-state index is 0.0462. The minimum atomic E-state index is -0.0462. The number of aromatic nitrogens is 2. The number of fused-ring (bicyclic) bond motifs is 1. The first-order chi connectivity index (χ1) is 12.8. The molecule has 0 saturated heterocycles. The van der Waals surface area contributed by atoms with E-state index in [0.717, 1.165) is 27.5 Å². The Morgan fingerprint density at radius 1 is 0.923 bits per heavy atom. The molecular weight excluding hydrogens is 342 g/mol. The van der Waals surface area contributed by atoms with Gasteiger partial charge in [-0.2, -0.15) is 0 Å². The fourth-order valence-corrected chi connectivity index (χ4v) is 3.49. The van der Waals surface area contributed by atoms with Gasteiger partial charge < -0.3 is 5.32 Å². The van der Waals surface area contributed by atoms with Crippen LogP contribution in [0.15, 0.2) is 90.3 Å². The third-order valence-corrected chi connectivity index (χ3v) is 4.98. The highest BCUT2D eigenvalue weighted by molar-refractivity contribution is 7.99. The maximum Gasteiger partial charge on any atom is 0.234 e. The molecule has 0 fully saturated rings. The van der Waals surface area contributed by atoms with Crippen molar-refractivity contribution in [3.8, 4) is 11.1 Å². The first kappa shape index (κ1) is 16.4. The van der Waals surface area contributed by atoms with Gasteiger partial charge in [-0.05, 0) is 35.4 Å². The molecule has 0 aliphatic carbocycles. The largest absolute Gasteiger partial charge is 0.325 e. The lowest BCUT2D eigenvalue weighted by Crippen LogP contribution is -2.14. The molecule has 26 heavy (non-hydrogen) atoms. The average molecular weight is 359 g/mol. The molecule has 2 aromatic heterocycles. The fraction of sp³-hybridized carbons (Fsp3) is 0.0476. The van der Waals surface area contributed by atoms with E-state index in [1.54, 1.807) is 0 Å². The molecule has 0 unspecified atom stereocenters. The number of carbonyl (C=O) groups is 1. The summed E-state index contributed by atoms with van der Waals surface area (Å²) in [4.78, 5) is 16.6. The molecule has 1 amide bonds. The maximum atomic E-state index is 12.2. The molecule has 0 bridgehead atoms. The van der Waals surface area contributed by atoms with Gasteiger partial charge in [0.1, 0.15) is 0 Å². The zero-order valence-corrected chi connectivity index (χ0v) is 14.8. The second-order valence-electron chi connectivity index (χ2n) is 5.82. The van der Waals surface area contributed by atoms with Gasteiger partial charge in [0, 0.05) is 11.9 Å². The van der Waals surface area contributed by atoms with Crippen LogP contribution in [0.2, 0.25) is 0 Å². The van der Waals surface area contributed by atoms with Crippen molar-refractivity contribution in [3.05, 3.63) is 85.2 Å². The predicted molar refractivity (Wildman–Crippen MR) is 106 cm³/mol. The zero-order valence-electron chi connectivity index (χ0n) is 14.0. The molecule has 5 heteroatoms. The van der Waals surface area contributed by atoms with Crippen molar-refractivity contribution < 1.29 is 4.79 Å². The standard InChI is InChI=1S/C21H17N3OS/c25-20(15-26-21-22-14-19-8-4-5-13-24(19)21)23-18-11-9-17(10-12-18)16-6-2-1-3-7-16/h1-14H,15H2,(H,23,25). The van der Waals surface area contributed by atoms with Gasteiger partial charge in [0.25, 0.3) is 0 Å². The fourth-order valence-electron chi connectivity index (χ4n) is 2.73. The Kier molecular flexibility index (Phi) is 4.71. The van der Waals surface area contributed by atoms with Crippen LogP contribution < -0.4 is 5.32 Å². The Morgan fingerprint density at radius 3 is 2.46 bits per heavy atom. The van der Waals surface area contributed by atoms with Crippen molar-refractivity contribution in [2.75, 3.05) is 11.1 Å². The monoisotopic (exact) mass is 359 g/mol. The predicted octanol–water partition coefficient (Wildman–Crippen LogP) is 4.73. The Labute approximate surface area is 155 Å². The Balaban J connectivity index is 1.37. The van der Waals surface area contributed by atoms with Crippen LogP contribution in [0, 0.1) is 0 Å². The third-order valence-electron chi connectivity index (χ3n) is 4.01. The van der Waals surface area contributed by atoms with Gasteiger partial charge in [0.05, 0.1) is 17.5 Å². The maximum absolute atomic E-state index is 12.2. The summed E-state index contributed by atoms with van der Waals surface area (Å²) in [7, 11) is 0. The van der Waals surface area contributed by atoms with E-state index in [9.17, 15) is 4.79 Å². The molecule has 0 spiro atoms. The summed E-state index contributed by atoms with van der Waals surface area (Å²) in [5.74, 6) is 0.268. The first-order valence-electron chi connectivity index (χ1n) is 8.30. The molecular formula is C21H17N3OS. The summed E-state index contributed by atoms with van der Waals surface area (Å²) >= 11 is 1.42. The summed E-state index contributed by atoms with van der Waals surface area (Å²) in [6.07, 6.45) is 3.76. The van der Waals surface area contributed by atoms with Crippen molar-refractivity contribution in [2.45, 2.75) is 5.16 Å². The highest BCUT2D eigenvalue weighted by atomic mass is 32.2. The topological polar surface area (TPSA) is 46.4 Å². The van der Waals surface area contributed by atoms with Crippen molar-refractivity contribution in [2.24, 2.45) is 0 Å². The van der Waals surface area contributed by atoms with E-state index in [2.05, 4.69) is 22.4 Å². The van der Waals surface area contributed by atoms with Gasteiger partial charge in [-0.25, -0.2) is 4.98 Å². The molecule has 2 aromatic carbocycles. The van der Waals surface area contributed by atoms with Crippen molar-refractivity contribution in [3.63, 3.8) is 0 Å². The quantitative estimate of drug-likeness (QED) is 0.524. The van der Waals surface area contributed by atoms with E-state index in [1.165, 1.54) is 11.8 Å². The number of benzene rings is 2. The number of rotatable bonds is 5.